The molecular weight excluding hydrogens is 367 g/mol. The lowest BCUT2D eigenvalue weighted by molar-refractivity contribution is -0.140. The lowest BCUT2D eigenvalue weighted by Gasteiger charge is -2.11. The summed E-state index contributed by atoms with van der Waals surface area (Å²) in [4.78, 5) is 8.10. The number of rotatable bonds is 2. The van der Waals surface area contributed by atoms with Crippen molar-refractivity contribution in [3.63, 3.8) is 0 Å². The van der Waals surface area contributed by atoms with E-state index in [2.05, 4.69) is 15.1 Å². The second-order valence-electron chi connectivity index (χ2n) is 5.73. The van der Waals surface area contributed by atoms with E-state index in [0.29, 0.717) is 16.8 Å². The highest BCUT2D eigenvalue weighted by Gasteiger charge is 2.33. The van der Waals surface area contributed by atoms with Crippen LogP contribution in [0.3, 0.4) is 0 Å². The zero-order valence-electron chi connectivity index (χ0n) is 13.4. The molecule has 0 spiro atoms. The van der Waals surface area contributed by atoms with E-state index < -0.39 is 11.9 Å². The van der Waals surface area contributed by atoms with E-state index in [-0.39, 0.29) is 10.5 Å². The maximum atomic E-state index is 13.1. The van der Waals surface area contributed by atoms with E-state index in [0.717, 1.165) is 11.6 Å². The highest BCUT2D eigenvalue weighted by molar-refractivity contribution is 6.35. The molecule has 0 N–H and O–H groups in total. The number of imidazole rings is 1. The van der Waals surface area contributed by atoms with Gasteiger partial charge < -0.3 is 4.57 Å². The molecule has 5 nitrogen and oxygen atoms in total. The Morgan fingerprint density at radius 1 is 1.15 bits per heavy atom. The second kappa shape index (κ2) is 5.84. The van der Waals surface area contributed by atoms with Crippen LogP contribution in [-0.4, -0.2) is 24.3 Å². The van der Waals surface area contributed by atoms with Crippen molar-refractivity contribution in [2.24, 2.45) is 7.05 Å². The van der Waals surface area contributed by atoms with Gasteiger partial charge in [-0.25, -0.2) is 9.97 Å². The molecule has 0 saturated carbocycles. The van der Waals surface area contributed by atoms with Gasteiger partial charge in [0.1, 0.15) is 5.69 Å². The Bertz CT molecular complexity index is 1110. The van der Waals surface area contributed by atoms with Gasteiger partial charge in [-0.3, -0.25) is 4.68 Å². The van der Waals surface area contributed by atoms with Crippen LogP contribution in [-0.2, 0) is 13.2 Å². The van der Waals surface area contributed by atoms with Crippen LogP contribution in [0.4, 0.5) is 13.2 Å². The van der Waals surface area contributed by atoms with Crippen LogP contribution in [0, 0.1) is 0 Å². The average Bonchev–Trinajstić information content (AvgIpc) is 3.22. The summed E-state index contributed by atoms with van der Waals surface area (Å²) in [5, 5.41) is 4.52. The number of aromatic nitrogens is 5. The summed E-state index contributed by atoms with van der Waals surface area (Å²) < 4.78 is 42.6. The number of para-hydroxylation sites is 1. The molecule has 4 rings (SSSR count). The molecule has 0 atom stereocenters. The first-order valence-corrected chi connectivity index (χ1v) is 7.90. The van der Waals surface area contributed by atoms with Gasteiger partial charge in [-0.15, -0.1) is 0 Å². The Kier molecular flexibility index (Phi) is 3.73. The molecular formula is C17H11ClF3N5. The topological polar surface area (TPSA) is 48.5 Å². The highest BCUT2D eigenvalue weighted by Crippen LogP contribution is 2.34. The van der Waals surface area contributed by atoms with Gasteiger partial charge in [0.25, 0.3) is 0 Å². The van der Waals surface area contributed by atoms with Gasteiger partial charge in [-0.2, -0.15) is 18.3 Å². The molecule has 1 aromatic carbocycles. The average molecular weight is 378 g/mol. The first-order valence-electron chi connectivity index (χ1n) is 7.53. The number of hydrogen-bond donors (Lipinski definition) is 0. The minimum absolute atomic E-state index is 0.00299. The summed E-state index contributed by atoms with van der Waals surface area (Å²) in [6.45, 7) is 0. The number of benzene rings is 1. The third kappa shape index (κ3) is 2.82. The van der Waals surface area contributed by atoms with Crippen molar-refractivity contribution in [3.8, 4) is 16.9 Å². The minimum atomic E-state index is -4.58. The van der Waals surface area contributed by atoms with Gasteiger partial charge >= 0.3 is 6.18 Å². The molecule has 3 aromatic heterocycles. The molecule has 3 heterocycles. The molecule has 0 aliphatic heterocycles. The second-order valence-corrected chi connectivity index (χ2v) is 6.14. The van der Waals surface area contributed by atoms with Crippen LogP contribution in [0.5, 0.6) is 0 Å². The molecule has 9 heteroatoms. The molecule has 0 fully saturated rings. The number of halogens is 4. The Hall–Kier alpha value is -2.87. The predicted octanol–water partition coefficient (Wildman–Crippen LogP) is 4.49. The monoisotopic (exact) mass is 377 g/mol. The molecule has 132 valence electrons. The summed E-state index contributed by atoms with van der Waals surface area (Å²) in [6, 6.07) is 5.85. The number of fused-ring (bicyclic) bond motifs is 1. The molecule has 26 heavy (non-hydrogen) atoms. The van der Waals surface area contributed by atoms with Crippen molar-refractivity contribution >= 4 is 22.5 Å². The SMILES string of the molecule is Cn1cc(-c2cn(-c3cccc4c(Cl)cc(C(F)(F)F)nc34)cn2)cn1. The van der Waals surface area contributed by atoms with E-state index >= 15 is 0 Å². The third-order valence-electron chi connectivity index (χ3n) is 3.92. The number of nitrogens with zero attached hydrogens (tertiary/aromatic N) is 5. The van der Waals surface area contributed by atoms with Crippen LogP contribution >= 0.6 is 11.6 Å². The van der Waals surface area contributed by atoms with Gasteiger partial charge in [0.15, 0.2) is 0 Å². The van der Waals surface area contributed by atoms with Gasteiger partial charge in [0.2, 0.25) is 0 Å². The quantitative estimate of drug-likeness (QED) is 0.517. The van der Waals surface area contributed by atoms with E-state index in [1.54, 1.807) is 53.1 Å². The standard InChI is InChI=1S/C17H11ClF3N5/c1-25-7-10(6-23-25)13-8-26(9-22-13)14-4-2-3-11-12(18)5-15(17(19,20)21)24-16(11)14/h2-9H,1H3. The Labute approximate surface area is 150 Å². The number of alkyl halides is 3. The Balaban J connectivity index is 1.89. The summed E-state index contributed by atoms with van der Waals surface area (Å²) in [5.41, 5.74) is 1.03. The third-order valence-corrected chi connectivity index (χ3v) is 4.23. The van der Waals surface area contributed by atoms with Crippen LogP contribution in [0.1, 0.15) is 5.69 Å². The fourth-order valence-corrected chi connectivity index (χ4v) is 2.96. The first-order chi connectivity index (χ1) is 12.3. The molecule has 0 unspecified atom stereocenters. The molecule has 0 radical (unpaired) electrons. The number of hydrogen-bond acceptors (Lipinski definition) is 3. The highest BCUT2D eigenvalue weighted by atomic mass is 35.5. The van der Waals surface area contributed by atoms with Crippen molar-refractivity contribution < 1.29 is 13.2 Å². The summed E-state index contributed by atoms with van der Waals surface area (Å²) in [7, 11) is 1.79. The van der Waals surface area contributed by atoms with Crippen LogP contribution in [0.2, 0.25) is 5.02 Å². The van der Waals surface area contributed by atoms with Gasteiger partial charge in [-0.05, 0) is 12.1 Å². The van der Waals surface area contributed by atoms with E-state index in [9.17, 15) is 13.2 Å². The largest absolute Gasteiger partial charge is 0.433 e. The zero-order chi connectivity index (χ0) is 18.5. The van der Waals surface area contributed by atoms with Crippen molar-refractivity contribution in [1.29, 1.82) is 0 Å². The summed E-state index contributed by atoms with van der Waals surface area (Å²) >= 11 is 6.06. The minimum Gasteiger partial charge on any atom is -0.303 e. The van der Waals surface area contributed by atoms with Gasteiger partial charge in [0.05, 0.1) is 34.4 Å². The fraction of sp³-hybridized carbons (Fsp3) is 0.118. The van der Waals surface area contributed by atoms with Crippen LogP contribution in [0.15, 0.2) is 49.2 Å². The predicted molar refractivity (Wildman–Crippen MR) is 91.1 cm³/mol. The van der Waals surface area contributed by atoms with Crippen molar-refractivity contribution in [1.82, 2.24) is 24.3 Å². The van der Waals surface area contributed by atoms with Crippen molar-refractivity contribution in [2.45, 2.75) is 6.18 Å². The smallest absolute Gasteiger partial charge is 0.303 e. The van der Waals surface area contributed by atoms with Gasteiger partial charge in [-0.1, -0.05) is 23.7 Å². The Morgan fingerprint density at radius 3 is 2.65 bits per heavy atom. The van der Waals surface area contributed by atoms with Crippen LogP contribution < -0.4 is 0 Å². The molecule has 0 amide bonds. The lowest BCUT2D eigenvalue weighted by Crippen LogP contribution is -2.08. The van der Waals surface area contributed by atoms with E-state index in [4.69, 9.17) is 11.6 Å². The fourth-order valence-electron chi connectivity index (χ4n) is 2.70. The molecule has 0 saturated heterocycles. The first kappa shape index (κ1) is 16.6. The zero-order valence-corrected chi connectivity index (χ0v) is 14.1. The van der Waals surface area contributed by atoms with Crippen LogP contribution in [0.25, 0.3) is 27.8 Å². The Morgan fingerprint density at radius 2 is 1.96 bits per heavy atom. The normalized spacial score (nSPS) is 12.0. The molecule has 0 aliphatic rings. The van der Waals surface area contributed by atoms with Gasteiger partial charge in [0, 0.05) is 30.4 Å². The van der Waals surface area contributed by atoms with E-state index in [1.807, 2.05) is 0 Å². The summed E-state index contributed by atoms with van der Waals surface area (Å²) in [6.07, 6.45) is 2.11. The molecule has 4 aromatic rings. The maximum absolute atomic E-state index is 13.1. The van der Waals surface area contributed by atoms with E-state index in [1.165, 1.54) is 6.33 Å². The molecule has 0 bridgehead atoms. The maximum Gasteiger partial charge on any atom is 0.433 e. The number of pyridine rings is 1. The molecule has 0 aliphatic carbocycles. The lowest BCUT2D eigenvalue weighted by atomic mass is 10.1. The van der Waals surface area contributed by atoms with Crippen molar-refractivity contribution in [2.75, 3.05) is 0 Å². The number of aryl methyl sites for hydroxylation is 1. The van der Waals surface area contributed by atoms with Crippen molar-refractivity contribution in [3.05, 3.63) is 59.9 Å². The summed E-state index contributed by atoms with van der Waals surface area (Å²) in [5.74, 6) is 0.